The summed E-state index contributed by atoms with van der Waals surface area (Å²) in [6.07, 6.45) is 6.19. The molecule has 0 aliphatic carbocycles. The number of nitrogens with two attached hydrogens (primary N) is 1. The molecule has 0 radical (unpaired) electrons. The Labute approximate surface area is 232 Å². The zero-order chi connectivity index (χ0) is 27.9. The van der Waals surface area contributed by atoms with Crippen molar-refractivity contribution in [3.05, 3.63) is 59.2 Å². The zero-order valence-corrected chi connectivity index (χ0v) is 23.4. The van der Waals surface area contributed by atoms with Gasteiger partial charge in [-0.05, 0) is 67.6 Å². The molecule has 0 unspecified atom stereocenters. The summed E-state index contributed by atoms with van der Waals surface area (Å²) < 4.78 is 2.61. The standard InChI is InChI=1S/C28H37N7O3S/c1-17(2)12-20(16-36)33-27(38)23(14-19-6-4-10-31-19)35-11-5-7-21(25(35)30-3)26(37)32-15-18-8-9-22-24(13-18)39-28(29)34-22/h5,7-9,11,13-14,17,19-20,31,36H,4,6,10,12,15-16H2,1-3H3,(H2,29,34)(H,32,37)(H,33,38)/b23-14+,30-25-/t19-,20-/m0/s1. The number of nitrogens with one attached hydrogen (secondary N) is 3. The third-order valence-electron chi connectivity index (χ3n) is 6.61. The number of nitrogens with zero attached hydrogens (tertiary/aromatic N) is 3. The molecule has 3 heterocycles. The molecule has 4 rings (SSSR count). The van der Waals surface area contributed by atoms with E-state index in [9.17, 15) is 14.7 Å². The smallest absolute Gasteiger partial charge is 0.268 e. The predicted molar refractivity (Wildman–Crippen MR) is 155 cm³/mol. The maximum absolute atomic E-state index is 13.6. The van der Waals surface area contributed by atoms with Crippen molar-refractivity contribution in [1.82, 2.24) is 25.5 Å². The summed E-state index contributed by atoms with van der Waals surface area (Å²) in [7, 11) is 1.60. The van der Waals surface area contributed by atoms with E-state index < -0.39 is 0 Å². The van der Waals surface area contributed by atoms with Crippen LogP contribution in [0.1, 0.15) is 49.0 Å². The Bertz CT molecular complexity index is 1420. The summed E-state index contributed by atoms with van der Waals surface area (Å²) in [5.74, 6) is -0.324. The number of hydrogen-bond acceptors (Lipinski definition) is 8. The largest absolute Gasteiger partial charge is 0.394 e. The Balaban J connectivity index is 1.61. The number of aromatic nitrogens is 2. The van der Waals surface area contributed by atoms with Gasteiger partial charge in [-0.3, -0.25) is 19.1 Å². The molecular weight excluding hydrogens is 514 g/mol. The first-order chi connectivity index (χ1) is 18.8. The number of fused-ring (bicyclic) bond motifs is 1. The molecule has 0 saturated carbocycles. The third-order valence-corrected chi connectivity index (χ3v) is 7.45. The van der Waals surface area contributed by atoms with Crippen LogP contribution in [0.4, 0.5) is 5.13 Å². The Morgan fingerprint density at radius 2 is 2.18 bits per heavy atom. The van der Waals surface area contributed by atoms with Crippen LogP contribution in [0.3, 0.4) is 0 Å². The Morgan fingerprint density at radius 1 is 1.36 bits per heavy atom. The molecule has 208 valence electrons. The van der Waals surface area contributed by atoms with Crippen LogP contribution < -0.4 is 27.2 Å². The van der Waals surface area contributed by atoms with Gasteiger partial charge < -0.3 is 26.8 Å². The summed E-state index contributed by atoms with van der Waals surface area (Å²) in [5.41, 5.74) is 8.64. The number of rotatable bonds is 10. The predicted octanol–water partition coefficient (Wildman–Crippen LogP) is 2.26. The zero-order valence-electron chi connectivity index (χ0n) is 22.6. The average molecular weight is 552 g/mol. The van der Waals surface area contributed by atoms with E-state index in [4.69, 9.17) is 5.73 Å². The molecule has 0 bridgehead atoms. The van der Waals surface area contributed by atoms with Crippen LogP contribution in [0.2, 0.25) is 0 Å². The van der Waals surface area contributed by atoms with Gasteiger partial charge in [0, 0.05) is 25.8 Å². The molecule has 0 spiro atoms. The van der Waals surface area contributed by atoms with Gasteiger partial charge in [0.25, 0.3) is 11.8 Å². The SMILES string of the molecule is C/N=c1/c(C(=O)NCc2ccc3nc(N)sc3c2)cccn1/C(=C/[C@@H]1CCCN1)C(=O)N[C@H](CO)CC(C)C. The molecule has 39 heavy (non-hydrogen) atoms. The first-order valence-electron chi connectivity index (χ1n) is 13.2. The highest BCUT2D eigenvalue weighted by Gasteiger charge is 2.22. The number of pyridine rings is 1. The lowest BCUT2D eigenvalue weighted by molar-refractivity contribution is -0.117. The van der Waals surface area contributed by atoms with Crippen molar-refractivity contribution >= 4 is 44.2 Å². The fraction of sp³-hybridized carbons (Fsp3) is 0.429. The minimum atomic E-state index is -0.377. The number of benzene rings is 1. The second-order valence-electron chi connectivity index (χ2n) is 10.1. The molecule has 1 aliphatic rings. The Kier molecular flexibility index (Phi) is 9.50. The summed E-state index contributed by atoms with van der Waals surface area (Å²) in [4.78, 5) is 35.6. The van der Waals surface area contributed by atoms with Crippen LogP contribution >= 0.6 is 11.3 Å². The lowest BCUT2D eigenvalue weighted by atomic mass is 10.0. The van der Waals surface area contributed by atoms with Crippen LogP contribution in [0.25, 0.3) is 15.9 Å². The molecule has 3 aromatic rings. The maximum atomic E-state index is 13.6. The van der Waals surface area contributed by atoms with Crippen LogP contribution in [-0.4, -0.2) is 58.8 Å². The molecule has 10 nitrogen and oxygen atoms in total. The first-order valence-corrected chi connectivity index (χ1v) is 14.1. The number of thiazole rings is 1. The lowest BCUT2D eigenvalue weighted by Crippen LogP contribution is -2.42. The van der Waals surface area contributed by atoms with Gasteiger partial charge in [-0.2, -0.15) is 0 Å². The van der Waals surface area contributed by atoms with Gasteiger partial charge in [-0.15, -0.1) is 0 Å². The van der Waals surface area contributed by atoms with E-state index in [0.29, 0.717) is 40.8 Å². The monoisotopic (exact) mass is 551 g/mol. The van der Waals surface area contributed by atoms with Gasteiger partial charge in [-0.25, -0.2) is 4.98 Å². The van der Waals surface area contributed by atoms with Crippen LogP contribution in [0, 0.1) is 5.92 Å². The number of aliphatic hydroxyl groups excluding tert-OH is 1. The van der Waals surface area contributed by atoms with Gasteiger partial charge in [0.1, 0.15) is 11.2 Å². The second kappa shape index (κ2) is 13.0. The van der Waals surface area contributed by atoms with E-state index in [1.54, 1.807) is 29.9 Å². The van der Waals surface area contributed by atoms with Gasteiger partial charge in [0.15, 0.2) is 5.13 Å². The molecule has 1 saturated heterocycles. The highest BCUT2D eigenvalue weighted by atomic mass is 32.1. The van der Waals surface area contributed by atoms with Crippen molar-refractivity contribution in [2.75, 3.05) is 25.9 Å². The van der Waals surface area contributed by atoms with Crippen molar-refractivity contribution in [3.63, 3.8) is 0 Å². The highest BCUT2D eigenvalue weighted by Crippen LogP contribution is 2.24. The minimum absolute atomic E-state index is 0.0220. The molecular formula is C28H37N7O3S. The first kappa shape index (κ1) is 28.5. The Hall–Kier alpha value is -3.54. The van der Waals surface area contributed by atoms with Crippen LogP contribution in [0.15, 0.2) is 47.6 Å². The van der Waals surface area contributed by atoms with E-state index in [-0.39, 0.29) is 30.5 Å². The van der Waals surface area contributed by atoms with E-state index in [2.05, 4.69) is 25.9 Å². The van der Waals surface area contributed by atoms with Crippen molar-refractivity contribution in [1.29, 1.82) is 0 Å². The summed E-state index contributed by atoms with van der Waals surface area (Å²) in [6.45, 7) is 5.12. The quantitative estimate of drug-likeness (QED) is 0.244. The van der Waals surface area contributed by atoms with Crippen LogP contribution in [0.5, 0.6) is 0 Å². The molecule has 11 heteroatoms. The van der Waals surface area contributed by atoms with Gasteiger partial charge in [0.05, 0.1) is 28.4 Å². The van der Waals surface area contributed by atoms with E-state index in [1.807, 2.05) is 38.1 Å². The van der Waals surface area contributed by atoms with Gasteiger partial charge >= 0.3 is 0 Å². The number of amides is 2. The summed E-state index contributed by atoms with van der Waals surface area (Å²) in [5, 5.41) is 19.7. The average Bonchev–Trinajstić information content (AvgIpc) is 3.57. The van der Waals surface area contributed by atoms with Crippen molar-refractivity contribution in [2.45, 2.75) is 51.7 Å². The molecule has 2 aromatic heterocycles. The van der Waals surface area contributed by atoms with Crippen LogP contribution in [-0.2, 0) is 11.3 Å². The van der Waals surface area contributed by atoms with E-state index >= 15 is 0 Å². The van der Waals surface area contributed by atoms with Crippen molar-refractivity contribution in [3.8, 4) is 0 Å². The number of nitrogen functional groups attached to an aromatic ring is 1. The highest BCUT2D eigenvalue weighted by molar-refractivity contribution is 7.22. The topological polar surface area (TPSA) is 147 Å². The lowest BCUT2D eigenvalue weighted by Gasteiger charge is -2.21. The van der Waals surface area contributed by atoms with Crippen molar-refractivity contribution < 1.29 is 14.7 Å². The fourth-order valence-corrected chi connectivity index (χ4v) is 5.59. The van der Waals surface area contributed by atoms with Gasteiger partial charge in [-0.1, -0.05) is 31.3 Å². The molecule has 1 fully saturated rings. The minimum Gasteiger partial charge on any atom is -0.394 e. The molecule has 1 aromatic carbocycles. The number of carbonyl (C=O) groups is 2. The number of aliphatic hydroxyl groups is 1. The van der Waals surface area contributed by atoms with Gasteiger partial charge in [0.2, 0.25) is 0 Å². The maximum Gasteiger partial charge on any atom is 0.268 e. The molecule has 1 aliphatic heterocycles. The summed E-state index contributed by atoms with van der Waals surface area (Å²) >= 11 is 1.40. The fourth-order valence-electron chi connectivity index (χ4n) is 4.79. The Morgan fingerprint density at radius 3 is 2.87 bits per heavy atom. The van der Waals surface area contributed by atoms with Crippen molar-refractivity contribution in [2.24, 2.45) is 10.9 Å². The number of carbonyl (C=O) groups excluding carboxylic acids is 2. The third kappa shape index (κ3) is 7.11. The van der Waals surface area contributed by atoms with E-state index in [1.165, 1.54) is 11.3 Å². The normalized spacial score (nSPS) is 17.1. The molecule has 2 amide bonds. The number of anilines is 1. The van der Waals surface area contributed by atoms with E-state index in [0.717, 1.165) is 35.2 Å². The molecule has 6 N–H and O–H groups in total. The number of hydrogen-bond donors (Lipinski definition) is 5. The molecule has 2 atom stereocenters. The second-order valence-corrected chi connectivity index (χ2v) is 11.2. The summed E-state index contributed by atoms with van der Waals surface area (Å²) in [6, 6.07) is 8.84.